The van der Waals surface area contributed by atoms with Crippen LogP contribution in [0, 0.1) is 0 Å². The van der Waals surface area contributed by atoms with Gasteiger partial charge < -0.3 is 9.64 Å². The molecule has 0 aliphatic rings. The zero-order valence-electron chi connectivity index (χ0n) is 17.5. The van der Waals surface area contributed by atoms with Gasteiger partial charge in [-0.25, -0.2) is 9.67 Å². The third-order valence-electron chi connectivity index (χ3n) is 4.74. The van der Waals surface area contributed by atoms with Crippen molar-refractivity contribution >= 4 is 0 Å². The van der Waals surface area contributed by atoms with Crippen LogP contribution in [-0.2, 0) is 13.1 Å². The van der Waals surface area contributed by atoms with Crippen LogP contribution < -0.4 is 4.74 Å². The molecule has 30 heavy (non-hydrogen) atoms. The lowest BCUT2D eigenvalue weighted by Gasteiger charge is -2.11. The summed E-state index contributed by atoms with van der Waals surface area (Å²) >= 11 is 0. The zero-order valence-corrected chi connectivity index (χ0v) is 17.5. The largest absolute Gasteiger partial charge is 0.497 e. The van der Waals surface area contributed by atoms with E-state index in [2.05, 4.69) is 48.2 Å². The van der Waals surface area contributed by atoms with E-state index in [4.69, 9.17) is 14.8 Å². The average molecular weight is 399 g/mol. The van der Waals surface area contributed by atoms with Gasteiger partial charge in [0.25, 0.3) is 0 Å². The zero-order chi connectivity index (χ0) is 20.9. The number of ether oxygens (including phenoxy) is 1. The first-order valence-electron chi connectivity index (χ1n) is 9.85. The highest BCUT2D eigenvalue weighted by Crippen LogP contribution is 2.25. The van der Waals surface area contributed by atoms with Crippen LogP contribution in [0.4, 0.5) is 0 Å². The minimum atomic E-state index is 0.553. The maximum absolute atomic E-state index is 5.27. The topological polar surface area (TPSA) is 56.1 Å². The predicted octanol–water partition coefficient (Wildman–Crippen LogP) is 4.13. The van der Waals surface area contributed by atoms with Crippen LogP contribution in [0.1, 0.15) is 11.3 Å². The minimum absolute atomic E-state index is 0.553. The van der Waals surface area contributed by atoms with Crippen molar-refractivity contribution in [1.82, 2.24) is 24.6 Å². The van der Waals surface area contributed by atoms with Crippen molar-refractivity contribution < 1.29 is 4.74 Å². The molecule has 6 heteroatoms. The fourth-order valence-electron chi connectivity index (χ4n) is 3.35. The summed E-state index contributed by atoms with van der Waals surface area (Å²) in [5.74, 6) is 2.32. The number of hydrogen-bond acceptors (Lipinski definition) is 5. The Morgan fingerprint density at radius 1 is 0.933 bits per heavy atom. The van der Waals surface area contributed by atoms with E-state index in [-0.39, 0.29) is 0 Å². The maximum Gasteiger partial charge on any atom is 0.181 e. The smallest absolute Gasteiger partial charge is 0.181 e. The molecule has 2 heterocycles. The van der Waals surface area contributed by atoms with Crippen molar-refractivity contribution in [3.05, 3.63) is 84.2 Å². The van der Waals surface area contributed by atoms with Crippen molar-refractivity contribution in [2.75, 3.05) is 21.2 Å². The van der Waals surface area contributed by atoms with E-state index in [1.165, 1.54) is 5.56 Å². The van der Waals surface area contributed by atoms with Gasteiger partial charge in [-0.2, -0.15) is 5.10 Å². The van der Waals surface area contributed by atoms with Crippen molar-refractivity contribution in [3.63, 3.8) is 0 Å². The van der Waals surface area contributed by atoms with Crippen LogP contribution in [0.25, 0.3) is 22.8 Å². The van der Waals surface area contributed by atoms with Gasteiger partial charge >= 0.3 is 0 Å². The molecule has 0 aliphatic carbocycles. The van der Waals surface area contributed by atoms with Gasteiger partial charge in [0.15, 0.2) is 11.6 Å². The Morgan fingerprint density at radius 2 is 1.77 bits per heavy atom. The molecule has 0 bridgehead atoms. The van der Waals surface area contributed by atoms with E-state index in [0.717, 1.165) is 34.9 Å². The molecule has 0 amide bonds. The second kappa shape index (κ2) is 8.88. The van der Waals surface area contributed by atoms with Gasteiger partial charge in [-0.3, -0.25) is 4.98 Å². The lowest BCUT2D eigenvalue weighted by atomic mass is 10.1. The quantitative estimate of drug-likeness (QED) is 0.468. The monoisotopic (exact) mass is 399 g/mol. The SMILES string of the molecule is COc1ccc(-c2nc(-c3cccc(CN(C)C)c3)n(Cc3ccccn3)n2)cc1. The molecule has 152 valence electrons. The highest BCUT2D eigenvalue weighted by Gasteiger charge is 2.15. The second-order valence-electron chi connectivity index (χ2n) is 7.40. The molecule has 0 unspecified atom stereocenters. The van der Waals surface area contributed by atoms with Crippen molar-refractivity contribution in [1.29, 1.82) is 0 Å². The molecule has 2 aromatic heterocycles. The molecule has 4 aromatic rings. The fourth-order valence-corrected chi connectivity index (χ4v) is 3.35. The van der Waals surface area contributed by atoms with Crippen molar-refractivity contribution in [2.24, 2.45) is 0 Å². The minimum Gasteiger partial charge on any atom is -0.497 e. The molecule has 0 N–H and O–H groups in total. The average Bonchev–Trinajstić information content (AvgIpc) is 3.18. The molecule has 6 nitrogen and oxygen atoms in total. The fraction of sp³-hybridized carbons (Fsp3) is 0.208. The molecule has 0 saturated heterocycles. The van der Waals surface area contributed by atoms with Crippen LogP contribution in [0.15, 0.2) is 72.9 Å². The number of aromatic nitrogens is 4. The van der Waals surface area contributed by atoms with Gasteiger partial charge in [0.2, 0.25) is 0 Å². The molecular formula is C24H25N5O. The van der Waals surface area contributed by atoms with Crippen LogP contribution in [0.2, 0.25) is 0 Å². The van der Waals surface area contributed by atoms with Crippen LogP contribution in [0.5, 0.6) is 5.75 Å². The summed E-state index contributed by atoms with van der Waals surface area (Å²) in [4.78, 5) is 11.5. The van der Waals surface area contributed by atoms with Gasteiger partial charge in [-0.1, -0.05) is 24.3 Å². The Hall–Kier alpha value is -3.51. The van der Waals surface area contributed by atoms with E-state index >= 15 is 0 Å². The number of rotatable bonds is 7. The Kier molecular flexibility index (Phi) is 5.86. The van der Waals surface area contributed by atoms with E-state index in [9.17, 15) is 0 Å². The highest BCUT2D eigenvalue weighted by atomic mass is 16.5. The number of pyridine rings is 1. The predicted molar refractivity (Wildman–Crippen MR) is 118 cm³/mol. The Balaban J connectivity index is 1.76. The number of methoxy groups -OCH3 is 1. The van der Waals surface area contributed by atoms with Crippen LogP contribution >= 0.6 is 0 Å². The summed E-state index contributed by atoms with van der Waals surface area (Å²) < 4.78 is 7.20. The molecule has 2 aromatic carbocycles. The molecule has 0 aliphatic heterocycles. The van der Waals surface area contributed by atoms with E-state index in [0.29, 0.717) is 12.4 Å². The van der Waals surface area contributed by atoms with E-state index < -0.39 is 0 Å². The summed E-state index contributed by atoms with van der Waals surface area (Å²) in [6, 6.07) is 22.2. The molecule has 0 radical (unpaired) electrons. The standard InChI is InChI=1S/C24H25N5O/c1-28(2)16-18-7-6-8-20(15-18)24-26-23(19-10-12-22(30-3)13-11-19)27-29(24)17-21-9-4-5-14-25-21/h4-15H,16-17H2,1-3H3. The second-order valence-corrected chi connectivity index (χ2v) is 7.40. The first-order chi connectivity index (χ1) is 14.6. The number of hydrogen-bond donors (Lipinski definition) is 0. The van der Waals surface area contributed by atoms with Gasteiger partial charge in [-0.15, -0.1) is 0 Å². The normalized spacial score (nSPS) is 11.1. The molecule has 0 fully saturated rings. The Bertz CT molecular complexity index is 1100. The molecule has 4 rings (SSSR count). The molecule has 0 atom stereocenters. The lowest BCUT2D eigenvalue weighted by Crippen LogP contribution is -2.10. The first kappa shape index (κ1) is 19.8. The van der Waals surface area contributed by atoms with Gasteiger partial charge in [-0.05, 0) is 62.1 Å². The summed E-state index contributed by atoms with van der Waals surface area (Å²) in [6.07, 6.45) is 1.80. The lowest BCUT2D eigenvalue weighted by molar-refractivity contribution is 0.402. The van der Waals surface area contributed by atoms with Crippen LogP contribution in [0.3, 0.4) is 0 Å². The van der Waals surface area contributed by atoms with Gasteiger partial charge in [0.1, 0.15) is 5.75 Å². The number of benzene rings is 2. The Morgan fingerprint density at radius 3 is 2.47 bits per heavy atom. The van der Waals surface area contributed by atoms with Gasteiger partial charge in [0.05, 0.1) is 19.3 Å². The maximum atomic E-state index is 5.27. The third kappa shape index (κ3) is 4.55. The summed E-state index contributed by atoms with van der Waals surface area (Å²) in [5, 5.41) is 4.81. The first-order valence-corrected chi connectivity index (χ1v) is 9.85. The summed E-state index contributed by atoms with van der Waals surface area (Å²) in [7, 11) is 5.80. The van der Waals surface area contributed by atoms with Crippen molar-refractivity contribution in [3.8, 4) is 28.5 Å². The molecule has 0 spiro atoms. The Labute approximate surface area is 176 Å². The summed E-state index contributed by atoms with van der Waals surface area (Å²) in [6.45, 7) is 1.42. The van der Waals surface area contributed by atoms with E-state index in [1.54, 1.807) is 13.3 Å². The van der Waals surface area contributed by atoms with Gasteiger partial charge in [0, 0.05) is 23.9 Å². The number of nitrogens with zero attached hydrogens (tertiary/aromatic N) is 5. The third-order valence-corrected chi connectivity index (χ3v) is 4.74. The molecule has 0 saturated carbocycles. The van der Waals surface area contributed by atoms with E-state index in [1.807, 2.05) is 47.1 Å². The highest BCUT2D eigenvalue weighted by molar-refractivity contribution is 5.63. The van der Waals surface area contributed by atoms with Crippen molar-refractivity contribution in [2.45, 2.75) is 13.1 Å². The van der Waals surface area contributed by atoms with Crippen LogP contribution in [-0.4, -0.2) is 45.9 Å². The molecular weight excluding hydrogens is 374 g/mol. The summed E-state index contributed by atoms with van der Waals surface area (Å²) in [5.41, 5.74) is 4.16.